The van der Waals surface area contributed by atoms with Crippen LogP contribution in [-0.2, 0) is 0 Å². The molecular formula is C18H39NNa. The van der Waals surface area contributed by atoms with Gasteiger partial charge in [0.05, 0.1) is 0 Å². The molecule has 0 rings (SSSR count). The predicted molar refractivity (Wildman–Crippen MR) is 94.6 cm³/mol. The fourth-order valence-corrected chi connectivity index (χ4v) is 2.62. The van der Waals surface area contributed by atoms with Crippen molar-refractivity contribution in [3.63, 3.8) is 0 Å². The van der Waals surface area contributed by atoms with Gasteiger partial charge in [-0.2, -0.15) is 0 Å². The van der Waals surface area contributed by atoms with Gasteiger partial charge in [-0.15, -0.1) is 0 Å². The van der Waals surface area contributed by atoms with Crippen LogP contribution in [0.3, 0.4) is 0 Å². The van der Waals surface area contributed by atoms with Gasteiger partial charge in [0.15, 0.2) is 0 Å². The van der Waals surface area contributed by atoms with Gasteiger partial charge in [0.25, 0.3) is 0 Å². The summed E-state index contributed by atoms with van der Waals surface area (Å²) < 4.78 is 0. The Hall–Kier alpha value is 0.960. The second-order valence-corrected chi connectivity index (χ2v) is 5.95. The minimum atomic E-state index is 0. The van der Waals surface area contributed by atoms with Crippen LogP contribution in [0, 0.1) is 0 Å². The number of nitrogens with one attached hydrogen (secondary N) is 1. The van der Waals surface area contributed by atoms with Crippen molar-refractivity contribution in [1.82, 2.24) is 5.32 Å². The maximum Gasteiger partial charge on any atom is 0 e. The minimum absolute atomic E-state index is 0. The van der Waals surface area contributed by atoms with Crippen molar-refractivity contribution in [1.29, 1.82) is 0 Å². The van der Waals surface area contributed by atoms with Crippen molar-refractivity contribution < 1.29 is 0 Å². The molecule has 0 aliphatic rings. The molecule has 0 spiro atoms. The first kappa shape index (κ1) is 23.2. The molecule has 0 aliphatic heterocycles. The molecule has 1 N–H and O–H groups in total. The van der Waals surface area contributed by atoms with E-state index in [1.807, 2.05) is 0 Å². The van der Waals surface area contributed by atoms with Crippen molar-refractivity contribution in [2.75, 3.05) is 13.1 Å². The van der Waals surface area contributed by atoms with Gasteiger partial charge in [-0.1, -0.05) is 97.3 Å². The first-order valence-electron chi connectivity index (χ1n) is 9.12. The summed E-state index contributed by atoms with van der Waals surface area (Å²) in [5, 5.41) is 3.39. The average molecular weight is 293 g/mol. The van der Waals surface area contributed by atoms with Gasteiger partial charge in [0.2, 0.25) is 0 Å². The largest absolute Gasteiger partial charge is 0.317 e. The molecule has 2 heteroatoms. The standard InChI is InChI=1S/C18H39N.Na/c1-3-5-6-7-8-9-10-11-12-13-14-15-16-17-18-19-4-2;/h19H,3-18H2,1-2H3;. The van der Waals surface area contributed by atoms with Crippen LogP contribution < -0.4 is 5.32 Å². The minimum Gasteiger partial charge on any atom is -0.317 e. The molecular weight excluding hydrogens is 253 g/mol. The average Bonchev–Trinajstić information content (AvgIpc) is 2.43. The van der Waals surface area contributed by atoms with Crippen molar-refractivity contribution in [3.8, 4) is 0 Å². The van der Waals surface area contributed by atoms with E-state index in [-0.39, 0.29) is 29.6 Å². The number of hydrogen-bond acceptors (Lipinski definition) is 1. The van der Waals surface area contributed by atoms with Crippen molar-refractivity contribution in [2.24, 2.45) is 0 Å². The second kappa shape index (κ2) is 22.2. The molecule has 0 saturated carbocycles. The van der Waals surface area contributed by atoms with Gasteiger partial charge in [0.1, 0.15) is 0 Å². The normalized spacial score (nSPS) is 10.5. The zero-order valence-electron chi connectivity index (χ0n) is 14.8. The van der Waals surface area contributed by atoms with E-state index in [1.54, 1.807) is 0 Å². The van der Waals surface area contributed by atoms with E-state index >= 15 is 0 Å². The third kappa shape index (κ3) is 21.3. The van der Waals surface area contributed by atoms with Gasteiger partial charge in [-0.25, -0.2) is 0 Å². The van der Waals surface area contributed by atoms with Crippen LogP contribution in [0.15, 0.2) is 0 Å². The van der Waals surface area contributed by atoms with Gasteiger partial charge in [0, 0.05) is 29.6 Å². The van der Waals surface area contributed by atoms with E-state index < -0.39 is 0 Å². The molecule has 0 heterocycles. The van der Waals surface area contributed by atoms with E-state index in [4.69, 9.17) is 0 Å². The summed E-state index contributed by atoms with van der Waals surface area (Å²) in [6.45, 7) is 6.82. The maximum absolute atomic E-state index is 3.39. The molecule has 20 heavy (non-hydrogen) atoms. The summed E-state index contributed by atoms with van der Waals surface area (Å²) in [6, 6.07) is 0. The monoisotopic (exact) mass is 292 g/mol. The van der Waals surface area contributed by atoms with Crippen molar-refractivity contribution >= 4 is 29.6 Å². The van der Waals surface area contributed by atoms with Crippen LogP contribution in [-0.4, -0.2) is 42.6 Å². The number of hydrogen-bond donors (Lipinski definition) is 1. The Balaban J connectivity index is 0. The van der Waals surface area contributed by atoms with E-state index in [0.717, 1.165) is 6.54 Å². The van der Waals surface area contributed by atoms with Crippen LogP contribution in [0.25, 0.3) is 0 Å². The van der Waals surface area contributed by atoms with E-state index in [9.17, 15) is 0 Å². The maximum atomic E-state index is 3.39. The molecule has 117 valence electrons. The fourth-order valence-electron chi connectivity index (χ4n) is 2.62. The van der Waals surface area contributed by atoms with Crippen LogP contribution in [0.1, 0.15) is 104 Å². The van der Waals surface area contributed by atoms with Gasteiger partial charge >= 0.3 is 0 Å². The molecule has 0 aromatic rings. The van der Waals surface area contributed by atoms with Crippen LogP contribution in [0.2, 0.25) is 0 Å². The zero-order chi connectivity index (χ0) is 14.0. The smallest absolute Gasteiger partial charge is 0 e. The SMILES string of the molecule is CCCCCCCCCCCCCCCCNCC.[Na]. The summed E-state index contributed by atoms with van der Waals surface area (Å²) in [5.41, 5.74) is 0. The molecule has 0 atom stereocenters. The zero-order valence-corrected chi connectivity index (χ0v) is 16.8. The second-order valence-electron chi connectivity index (χ2n) is 5.95. The summed E-state index contributed by atoms with van der Waals surface area (Å²) in [4.78, 5) is 0. The van der Waals surface area contributed by atoms with E-state index in [2.05, 4.69) is 19.2 Å². The topological polar surface area (TPSA) is 12.0 Å². The molecule has 0 aliphatic carbocycles. The van der Waals surface area contributed by atoms with Crippen molar-refractivity contribution in [3.05, 3.63) is 0 Å². The van der Waals surface area contributed by atoms with Crippen molar-refractivity contribution in [2.45, 2.75) is 104 Å². The molecule has 0 saturated heterocycles. The third-order valence-corrected chi connectivity index (χ3v) is 3.96. The van der Waals surface area contributed by atoms with Gasteiger partial charge in [-0.3, -0.25) is 0 Å². The van der Waals surface area contributed by atoms with Crippen LogP contribution in [0.4, 0.5) is 0 Å². The summed E-state index contributed by atoms with van der Waals surface area (Å²) in [6.07, 6.45) is 20.3. The van der Waals surface area contributed by atoms with E-state index in [0.29, 0.717) is 0 Å². The fraction of sp³-hybridized carbons (Fsp3) is 1.00. The summed E-state index contributed by atoms with van der Waals surface area (Å²) in [7, 11) is 0. The number of rotatable bonds is 16. The molecule has 0 aromatic carbocycles. The molecule has 0 amide bonds. The Kier molecular flexibility index (Phi) is 25.8. The molecule has 0 bridgehead atoms. The van der Waals surface area contributed by atoms with Crippen LogP contribution in [0.5, 0.6) is 0 Å². The molecule has 0 fully saturated rings. The first-order valence-corrected chi connectivity index (χ1v) is 9.12. The number of unbranched alkanes of at least 4 members (excludes halogenated alkanes) is 13. The third-order valence-electron chi connectivity index (χ3n) is 3.96. The Morgan fingerprint density at radius 2 is 0.850 bits per heavy atom. The molecule has 1 nitrogen and oxygen atoms in total. The quantitative estimate of drug-likeness (QED) is 0.284. The molecule has 0 aromatic heterocycles. The first-order chi connectivity index (χ1) is 9.41. The Bertz CT molecular complexity index is 134. The Labute approximate surface area is 151 Å². The Morgan fingerprint density at radius 1 is 0.500 bits per heavy atom. The van der Waals surface area contributed by atoms with Gasteiger partial charge < -0.3 is 5.32 Å². The predicted octanol–water partition coefficient (Wildman–Crippen LogP) is 5.70. The summed E-state index contributed by atoms with van der Waals surface area (Å²) >= 11 is 0. The molecule has 0 unspecified atom stereocenters. The van der Waals surface area contributed by atoms with E-state index in [1.165, 1.54) is 96.4 Å². The summed E-state index contributed by atoms with van der Waals surface area (Å²) in [5.74, 6) is 0. The van der Waals surface area contributed by atoms with Gasteiger partial charge in [-0.05, 0) is 19.5 Å². The van der Waals surface area contributed by atoms with Crippen LogP contribution >= 0.6 is 0 Å². The molecule has 1 radical (unpaired) electrons. The Morgan fingerprint density at radius 3 is 1.20 bits per heavy atom.